The van der Waals surface area contributed by atoms with Crippen LogP contribution < -0.4 is 10.6 Å². The van der Waals surface area contributed by atoms with E-state index in [0.717, 1.165) is 0 Å². The number of alkyl halides is 3. The number of hydrogen-bond acceptors (Lipinski definition) is 2. The maximum atomic E-state index is 11.8. The van der Waals surface area contributed by atoms with E-state index in [0.29, 0.717) is 0 Å². The molecule has 0 saturated carbocycles. The van der Waals surface area contributed by atoms with E-state index in [1.165, 1.54) is 14.0 Å². The Kier molecular flexibility index (Phi) is 4.76. The molecule has 0 saturated heterocycles. The van der Waals surface area contributed by atoms with Crippen LogP contribution in [0.15, 0.2) is 0 Å². The smallest absolute Gasteiger partial charge is 0.358 e. The highest BCUT2D eigenvalue weighted by Crippen LogP contribution is 2.20. The maximum Gasteiger partial charge on any atom is 0.390 e. The van der Waals surface area contributed by atoms with E-state index >= 15 is 0 Å². The second-order valence-electron chi connectivity index (χ2n) is 2.77. The Morgan fingerprint density at radius 1 is 1.46 bits per heavy atom. The van der Waals surface area contributed by atoms with E-state index < -0.39 is 18.6 Å². The van der Waals surface area contributed by atoms with Crippen molar-refractivity contribution >= 4 is 5.91 Å². The molecule has 0 rings (SSSR count). The summed E-state index contributed by atoms with van der Waals surface area (Å²) >= 11 is 0. The predicted octanol–water partition coefficient (Wildman–Crippen LogP) is 0.663. The Bertz CT molecular complexity index is 170. The topological polar surface area (TPSA) is 41.1 Å². The van der Waals surface area contributed by atoms with Gasteiger partial charge >= 0.3 is 6.18 Å². The van der Waals surface area contributed by atoms with Crippen molar-refractivity contribution in [3.63, 3.8) is 0 Å². The summed E-state index contributed by atoms with van der Waals surface area (Å²) in [5.74, 6) is -0.325. The third-order valence-corrected chi connectivity index (χ3v) is 1.43. The van der Waals surface area contributed by atoms with Gasteiger partial charge in [-0.1, -0.05) is 0 Å². The monoisotopic (exact) mass is 198 g/mol. The largest absolute Gasteiger partial charge is 0.390 e. The Morgan fingerprint density at radius 2 is 2.00 bits per heavy atom. The van der Waals surface area contributed by atoms with Crippen molar-refractivity contribution in [2.75, 3.05) is 13.6 Å². The molecule has 6 heteroatoms. The lowest BCUT2D eigenvalue weighted by Crippen LogP contribution is -2.38. The average Bonchev–Trinajstić information content (AvgIpc) is 1.97. The van der Waals surface area contributed by atoms with E-state index in [1.807, 2.05) is 0 Å². The van der Waals surface area contributed by atoms with Gasteiger partial charge in [0.15, 0.2) is 0 Å². The molecule has 1 amide bonds. The fourth-order valence-electron chi connectivity index (χ4n) is 0.775. The zero-order valence-electron chi connectivity index (χ0n) is 7.53. The molecule has 0 aliphatic heterocycles. The van der Waals surface area contributed by atoms with Crippen molar-refractivity contribution in [1.29, 1.82) is 0 Å². The summed E-state index contributed by atoms with van der Waals surface area (Å²) in [6.45, 7) is 1.30. The highest BCUT2D eigenvalue weighted by Gasteiger charge is 2.29. The minimum absolute atomic E-state index is 0.0895. The summed E-state index contributed by atoms with van der Waals surface area (Å²) in [6, 6.07) is -0.739. The van der Waals surface area contributed by atoms with Crippen molar-refractivity contribution in [3.05, 3.63) is 0 Å². The lowest BCUT2D eigenvalue weighted by molar-refractivity contribution is -0.139. The quantitative estimate of drug-likeness (QED) is 0.696. The molecule has 0 radical (unpaired) electrons. The molecule has 0 aromatic carbocycles. The molecule has 78 valence electrons. The van der Waals surface area contributed by atoms with Gasteiger partial charge in [0.2, 0.25) is 5.91 Å². The highest BCUT2D eigenvalue weighted by atomic mass is 19.4. The molecule has 1 atom stereocenters. The molecule has 0 fully saturated rings. The number of likely N-dealkylation sites (N-methyl/N-ethyl adjacent to an activating group) is 1. The first-order valence-electron chi connectivity index (χ1n) is 3.86. The molecular weight excluding hydrogens is 185 g/mol. The number of halogens is 3. The first-order valence-corrected chi connectivity index (χ1v) is 3.86. The molecule has 1 unspecified atom stereocenters. The summed E-state index contributed by atoms with van der Waals surface area (Å²) < 4.78 is 35.3. The number of hydrogen-bond donors (Lipinski definition) is 2. The Morgan fingerprint density at radius 3 is 2.38 bits per heavy atom. The van der Waals surface area contributed by atoms with Crippen molar-refractivity contribution in [1.82, 2.24) is 10.6 Å². The molecule has 0 bridgehead atoms. The number of carbonyl (C=O) groups is 1. The minimum atomic E-state index is -4.19. The summed E-state index contributed by atoms with van der Waals surface area (Å²) in [4.78, 5) is 10.6. The molecular formula is C7H13F3N2O. The molecule has 0 aromatic heterocycles. The lowest BCUT2D eigenvalue weighted by Gasteiger charge is -2.14. The van der Waals surface area contributed by atoms with Crippen molar-refractivity contribution in [3.8, 4) is 0 Å². The first-order chi connectivity index (χ1) is 5.85. The van der Waals surface area contributed by atoms with E-state index in [4.69, 9.17) is 0 Å². The van der Waals surface area contributed by atoms with E-state index in [1.54, 1.807) is 0 Å². The van der Waals surface area contributed by atoms with Gasteiger partial charge in [-0.2, -0.15) is 13.2 Å². The highest BCUT2D eigenvalue weighted by molar-refractivity contribution is 5.77. The van der Waals surface area contributed by atoms with Crippen LogP contribution in [0.1, 0.15) is 13.3 Å². The Balaban J connectivity index is 3.63. The number of rotatable bonds is 4. The van der Waals surface area contributed by atoms with Crippen LogP contribution in [0.3, 0.4) is 0 Å². The molecule has 0 heterocycles. The van der Waals surface area contributed by atoms with Gasteiger partial charge in [0, 0.05) is 13.1 Å². The second kappa shape index (κ2) is 5.06. The standard InChI is InChI=1S/C7H13F3N2O/c1-5(3-7(8,9)10)12-4-6(13)11-2/h5,12H,3-4H2,1-2H3,(H,11,13). The second-order valence-corrected chi connectivity index (χ2v) is 2.77. The van der Waals surface area contributed by atoms with Crippen LogP contribution in [-0.4, -0.2) is 31.7 Å². The van der Waals surface area contributed by atoms with Gasteiger partial charge in [-0.25, -0.2) is 0 Å². The minimum Gasteiger partial charge on any atom is -0.358 e. The normalized spacial score (nSPS) is 13.9. The summed E-state index contributed by atoms with van der Waals surface area (Å²) in [6.07, 6.45) is -5.11. The van der Waals surface area contributed by atoms with E-state index in [-0.39, 0.29) is 12.5 Å². The van der Waals surface area contributed by atoms with Crippen molar-refractivity contribution < 1.29 is 18.0 Å². The predicted molar refractivity (Wildman–Crippen MR) is 42.2 cm³/mol. The van der Waals surface area contributed by atoms with Crippen molar-refractivity contribution in [2.45, 2.75) is 25.6 Å². The van der Waals surface area contributed by atoms with E-state index in [2.05, 4.69) is 10.6 Å². The van der Waals surface area contributed by atoms with Gasteiger partial charge in [-0.3, -0.25) is 4.79 Å². The van der Waals surface area contributed by atoms with Gasteiger partial charge in [0.1, 0.15) is 0 Å². The fraction of sp³-hybridized carbons (Fsp3) is 0.857. The molecule has 3 nitrogen and oxygen atoms in total. The summed E-state index contributed by atoms with van der Waals surface area (Å²) in [5.41, 5.74) is 0. The SMILES string of the molecule is CNC(=O)CNC(C)CC(F)(F)F. The maximum absolute atomic E-state index is 11.8. The molecule has 0 spiro atoms. The van der Waals surface area contributed by atoms with Crippen LogP contribution in [0.5, 0.6) is 0 Å². The van der Waals surface area contributed by atoms with Gasteiger partial charge in [-0.15, -0.1) is 0 Å². The lowest BCUT2D eigenvalue weighted by atomic mass is 10.2. The summed E-state index contributed by atoms with van der Waals surface area (Å²) in [7, 11) is 1.43. The average molecular weight is 198 g/mol. The van der Waals surface area contributed by atoms with Crippen molar-refractivity contribution in [2.24, 2.45) is 0 Å². The van der Waals surface area contributed by atoms with Crippen LogP contribution >= 0.6 is 0 Å². The van der Waals surface area contributed by atoms with Crippen LogP contribution in [0.25, 0.3) is 0 Å². The van der Waals surface area contributed by atoms with Gasteiger partial charge in [-0.05, 0) is 6.92 Å². The molecule has 2 N–H and O–H groups in total. The molecule has 13 heavy (non-hydrogen) atoms. The van der Waals surface area contributed by atoms with Crippen LogP contribution in [0, 0.1) is 0 Å². The first kappa shape index (κ1) is 12.2. The molecule has 0 aliphatic rings. The van der Waals surface area contributed by atoms with Gasteiger partial charge in [0.25, 0.3) is 0 Å². The third-order valence-electron chi connectivity index (χ3n) is 1.43. The van der Waals surface area contributed by atoms with Crippen LogP contribution in [0.4, 0.5) is 13.2 Å². The fourth-order valence-corrected chi connectivity index (χ4v) is 0.775. The van der Waals surface area contributed by atoms with Crippen LogP contribution in [0.2, 0.25) is 0 Å². The van der Waals surface area contributed by atoms with E-state index in [9.17, 15) is 18.0 Å². The molecule has 0 aromatic rings. The number of nitrogens with one attached hydrogen (secondary N) is 2. The van der Waals surface area contributed by atoms with Gasteiger partial charge in [0.05, 0.1) is 13.0 Å². The third kappa shape index (κ3) is 7.58. The molecule has 0 aliphatic carbocycles. The zero-order chi connectivity index (χ0) is 10.5. The summed E-state index contributed by atoms with van der Waals surface area (Å²) in [5, 5.41) is 4.76. The Labute approximate surface area is 74.7 Å². The number of carbonyl (C=O) groups excluding carboxylic acids is 1. The number of amides is 1. The zero-order valence-corrected chi connectivity index (χ0v) is 7.53. The van der Waals surface area contributed by atoms with Crippen LogP contribution in [-0.2, 0) is 4.79 Å². The Hall–Kier alpha value is -0.780. The van der Waals surface area contributed by atoms with Gasteiger partial charge < -0.3 is 10.6 Å².